The van der Waals surface area contributed by atoms with Crippen molar-refractivity contribution in [2.45, 2.75) is 11.9 Å². The summed E-state index contributed by atoms with van der Waals surface area (Å²) in [5, 5.41) is 7.00. The Morgan fingerprint density at radius 1 is 1.19 bits per heavy atom. The zero-order valence-electron chi connectivity index (χ0n) is 11.2. The van der Waals surface area contributed by atoms with Crippen molar-refractivity contribution in [1.82, 2.24) is 19.2 Å². The van der Waals surface area contributed by atoms with Crippen LogP contribution in [-0.4, -0.2) is 19.2 Å². The smallest absolute Gasteiger partial charge is 0.166 e. The minimum Gasteiger partial charge on any atom is -0.295 e. The lowest BCUT2D eigenvalue weighted by Crippen LogP contribution is -2.00. The second-order valence-electron chi connectivity index (χ2n) is 4.92. The normalized spacial score (nSPS) is 11.6. The molecular formula is C15H11ClN4S. The molecule has 0 aliphatic rings. The summed E-state index contributed by atoms with van der Waals surface area (Å²) in [4.78, 5) is 4.52. The first-order chi connectivity index (χ1) is 10.1. The number of thiol groups is 1. The van der Waals surface area contributed by atoms with E-state index in [0.29, 0.717) is 5.02 Å². The van der Waals surface area contributed by atoms with Crippen molar-refractivity contribution in [3.63, 3.8) is 0 Å². The largest absolute Gasteiger partial charge is 0.295 e. The zero-order chi connectivity index (χ0) is 14.6. The maximum Gasteiger partial charge on any atom is 0.166 e. The van der Waals surface area contributed by atoms with Gasteiger partial charge >= 0.3 is 0 Å². The Balaban J connectivity index is 2.06. The lowest BCUT2D eigenvalue weighted by molar-refractivity contribution is 0.883. The molecule has 0 spiro atoms. The van der Waals surface area contributed by atoms with Gasteiger partial charge in [-0.05, 0) is 36.8 Å². The lowest BCUT2D eigenvalue weighted by Gasteiger charge is -2.07. The number of rotatable bonds is 1. The molecule has 0 radical (unpaired) electrons. The quantitative estimate of drug-likeness (QED) is 0.540. The predicted octanol–water partition coefficient (Wildman–Crippen LogP) is 3.92. The van der Waals surface area contributed by atoms with Crippen molar-refractivity contribution >= 4 is 40.8 Å². The number of fused-ring (bicyclic) bond motifs is 3. The molecule has 1 aromatic carbocycles. The fraction of sp³-hybridized carbons (Fsp3) is 0.0667. The van der Waals surface area contributed by atoms with Crippen LogP contribution in [-0.2, 0) is 0 Å². The van der Waals surface area contributed by atoms with E-state index in [9.17, 15) is 0 Å². The van der Waals surface area contributed by atoms with E-state index in [0.717, 1.165) is 32.8 Å². The second kappa shape index (κ2) is 4.51. The summed E-state index contributed by atoms with van der Waals surface area (Å²) in [5.41, 5.74) is 3.87. The number of aryl methyl sites for hydroxylation is 1. The van der Waals surface area contributed by atoms with Crippen molar-refractivity contribution in [3.8, 4) is 5.69 Å². The highest BCUT2D eigenvalue weighted by molar-refractivity contribution is 7.80. The number of hydrogen-bond acceptors (Lipinski definition) is 3. The Morgan fingerprint density at radius 2 is 2.05 bits per heavy atom. The number of hydrogen-bond donors (Lipinski definition) is 1. The van der Waals surface area contributed by atoms with E-state index in [4.69, 9.17) is 11.6 Å². The van der Waals surface area contributed by atoms with E-state index in [-0.39, 0.29) is 0 Å². The van der Waals surface area contributed by atoms with Crippen LogP contribution < -0.4 is 0 Å². The van der Waals surface area contributed by atoms with Crippen molar-refractivity contribution < 1.29 is 0 Å². The van der Waals surface area contributed by atoms with Crippen LogP contribution in [0.15, 0.2) is 47.9 Å². The summed E-state index contributed by atoms with van der Waals surface area (Å²) in [6.07, 6.45) is 3.59. The molecule has 0 saturated heterocycles. The zero-order valence-corrected chi connectivity index (χ0v) is 12.8. The maximum absolute atomic E-state index is 6.11. The number of benzene rings is 1. The van der Waals surface area contributed by atoms with Crippen molar-refractivity contribution in [2.24, 2.45) is 0 Å². The predicted molar refractivity (Wildman–Crippen MR) is 86.8 cm³/mol. The van der Waals surface area contributed by atoms with Crippen molar-refractivity contribution in [3.05, 3.63) is 53.4 Å². The molecule has 0 atom stereocenters. The van der Waals surface area contributed by atoms with E-state index in [1.165, 1.54) is 0 Å². The first-order valence-electron chi connectivity index (χ1n) is 6.44. The van der Waals surface area contributed by atoms with Crippen LogP contribution in [0.1, 0.15) is 5.56 Å². The van der Waals surface area contributed by atoms with Crippen LogP contribution >= 0.6 is 24.2 Å². The summed E-state index contributed by atoms with van der Waals surface area (Å²) >= 11 is 10.5. The molecule has 0 amide bonds. The average molecular weight is 315 g/mol. The Morgan fingerprint density at radius 3 is 2.90 bits per heavy atom. The SMILES string of the molecule is Cc1ccc(Cl)cc1-n1ncc2c1ncn1c(S)ccc21. The Kier molecular flexibility index (Phi) is 2.74. The van der Waals surface area contributed by atoms with Crippen LogP contribution in [0, 0.1) is 6.92 Å². The number of halogens is 1. The van der Waals surface area contributed by atoms with Crippen molar-refractivity contribution in [1.29, 1.82) is 0 Å². The Hall–Kier alpha value is -1.98. The fourth-order valence-corrected chi connectivity index (χ4v) is 2.92. The lowest BCUT2D eigenvalue weighted by atomic mass is 10.2. The molecule has 0 bridgehead atoms. The summed E-state index contributed by atoms with van der Waals surface area (Å²) in [6.45, 7) is 2.03. The summed E-state index contributed by atoms with van der Waals surface area (Å²) < 4.78 is 3.75. The number of nitrogens with zero attached hydrogens (tertiary/aromatic N) is 4. The van der Waals surface area contributed by atoms with Gasteiger partial charge in [0.2, 0.25) is 0 Å². The molecule has 3 aromatic heterocycles. The molecule has 6 heteroatoms. The molecule has 104 valence electrons. The van der Waals surface area contributed by atoms with Gasteiger partial charge in [-0.2, -0.15) is 5.10 Å². The van der Waals surface area contributed by atoms with Gasteiger partial charge in [0.05, 0.1) is 27.8 Å². The minimum atomic E-state index is 0.681. The van der Waals surface area contributed by atoms with Gasteiger partial charge in [0.25, 0.3) is 0 Å². The van der Waals surface area contributed by atoms with Gasteiger partial charge in [-0.15, -0.1) is 12.6 Å². The van der Waals surface area contributed by atoms with Crippen LogP contribution in [0.2, 0.25) is 5.02 Å². The summed E-state index contributed by atoms with van der Waals surface area (Å²) in [5.74, 6) is 0. The topological polar surface area (TPSA) is 35.1 Å². The van der Waals surface area contributed by atoms with Gasteiger partial charge in [-0.3, -0.25) is 4.40 Å². The van der Waals surface area contributed by atoms with E-state index in [2.05, 4.69) is 22.7 Å². The van der Waals surface area contributed by atoms with Gasteiger partial charge in [0, 0.05) is 5.02 Å². The highest BCUT2D eigenvalue weighted by Crippen LogP contribution is 2.26. The molecule has 4 nitrogen and oxygen atoms in total. The van der Waals surface area contributed by atoms with Gasteiger partial charge < -0.3 is 0 Å². The highest BCUT2D eigenvalue weighted by atomic mass is 35.5. The molecule has 0 aliphatic carbocycles. The average Bonchev–Trinajstić information content (AvgIpc) is 3.05. The van der Waals surface area contributed by atoms with Gasteiger partial charge in [0.1, 0.15) is 6.33 Å². The maximum atomic E-state index is 6.11. The first-order valence-corrected chi connectivity index (χ1v) is 7.27. The molecule has 0 saturated carbocycles. The van der Waals surface area contributed by atoms with Crippen LogP contribution in [0.5, 0.6) is 0 Å². The van der Waals surface area contributed by atoms with Gasteiger partial charge in [-0.1, -0.05) is 17.7 Å². The standard InChI is InChI=1S/C15H11ClN4S/c1-9-2-3-10(16)6-13(9)20-15-11(7-18-20)12-4-5-14(21)19(12)8-17-15/h2-8,21H,1H3. The monoisotopic (exact) mass is 314 g/mol. The molecule has 3 heterocycles. The highest BCUT2D eigenvalue weighted by Gasteiger charge is 2.12. The minimum absolute atomic E-state index is 0.681. The van der Waals surface area contributed by atoms with Crippen LogP contribution in [0.25, 0.3) is 22.2 Å². The molecule has 4 rings (SSSR count). The van der Waals surface area contributed by atoms with Crippen LogP contribution in [0.3, 0.4) is 0 Å². The summed E-state index contributed by atoms with van der Waals surface area (Å²) in [6, 6.07) is 9.72. The Bertz CT molecular complexity index is 986. The Labute approximate surface area is 131 Å². The molecule has 0 unspecified atom stereocenters. The van der Waals surface area contributed by atoms with E-state index >= 15 is 0 Å². The molecule has 4 aromatic rings. The number of aromatic nitrogens is 4. The van der Waals surface area contributed by atoms with E-state index in [1.54, 1.807) is 6.33 Å². The van der Waals surface area contributed by atoms with Crippen LogP contribution in [0.4, 0.5) is 0 Å². The molecule has 0 fully saturated rings. The molecular weight excluding hydrogens is 304 g/mol. The summed E-state index contributed by atoms with van der Waals surface area (Å²) in [7, 11) is 0. The van der Waals surface area contributed by atoms with Crippen molar-refractivity contribution in [2.75, 3.05) is 0 Å². The third-order valence-electron chi connectivity index (χ3n) is 3.61. The molecule has 0 N–H and O–H groups in total. The first kappa shape index (κ1) is 12.7. The van der Waals surface area contributed by atoms with E-state index < -0.39 is 0 Å². The third kappa shape index (κ3) is 1.85. The third-order valence-corrected chi connectivity index (χ3v) is 4.21. The molecule has 21 heavy (non-hydrogen) atoms. The van der Waals surface area contributed by atoms with Gasteiger partial charge in [-0.25, -0.2) is 9.67 Å². The molecule has 0 aliphatic heterocycles. The van der Waals surface area contributed by atoms with E-state index in [1.807, 2.05) is 52.5 Å². The second-order valence-corrected chi connectivity index (χ2v) is 5.81. The van der Waals surface area contributed by atoms with Gasteiger partial charge in [0.15, 0.2) is 5.65 Å². The fourth-order valence-electron chi connectivity index (χ4n) is 2.52.